The van der Waals surface area contributed by atoms with E-state index in [1.807, 2.05) is 56.3 Å². The second kappa shape index (κ2) is 9.13. The highest BCUT2D eigenvalue weighted by Crippen LogP contribution is 2.23. The van der Waals surface area contributed by atoms with E-state index >= 15 is 0 Å². The molecule has 0 saturated heterocycles. The van der Waals surface area contributed by atoms with Gasteiger partial charge in [-0.3, -0.25) is 9.10 Å². The van der Waals surface area contributed by atoms with Crippen LogP contribution < -0.4 is 9.62 Å². The third kappa shape index (κ3) is 4.71. The van der Waals surface area contributed by atoms with Gasteiger partial charge in [-0.15, -0.1) is 0 Å². The fourth-order valence-corrected chi connectivity index (χ4v) is 4.44. The van der Waals surface area contributed by atoms with Gasteiger partial charge in [0.2, 0.25) is 0 Å². The molecule has 1 amide bonds. The van der Waals surface area contributed by atoms with E-state index in [0.29, 0.717) is 11.3 Å². The molecule has 0 aliphatic rings. The minimum atomic E-state index is -3.79. The van der Waals surface area contributed by atoms with Gasteiger partial charge < -0.3 is 5.32 Å². The average molecular weight is 423 g/mol. The maximum absolute atomic E-state index is 13.1. The van der Waals surface area contributed by atoms with Crippen LogP contribution in [0.2, 0.25) is 0 Å². The van der Waals surface area contributed by atoms with Crippen molar-refractivity contribution >= 4 is 21.6 Å². The van der Waals surface area contributed by atoms with Gasteiger partial charge in [0.15, 0.2) is 0 Å². The molecule has 156 valence electrons. The van der Waals surface area contributed by atoms with Crippen LogP contribution in [-0.2, 0) is 10.0 Å². The molecule has 0 aliphatic carbocycles. The predicted molar refractivity (Wildman–Crippen MR) is 120 cm³/mol. The number of carbonyl (C=O) groups excluding carboxylic acids is 1. The first-order valence-electron chi connectivity index (χ1n) is 9.84. The number of aryl methyl sites for hydroxylation is 1. The molecule has 6 heteroatoms. The number of nitrogens with one attached hydrogen (secondary N) is 1. The van der Waals surface area contributed by atoms with Gasteiger partial charge in [0, 0.05) is 12.6 Å². The van der Waals surface area contributed by atoms with Crippen LogP contribution in [-0.4, -0.2) is 21.4 Å². The summed E-state index contributed by atoms with van der Waals surface area (Å²) in [5.74, 6) is -0.305. The Morgan fingerprint density at radius 2 is 1.63 bits per heavy atom. The van der Waals surface area contributed by atoms with Crippen LogP contribution >= 0.6 is 0 Å². The average Bonchev–Trinajstić information content (AvgIpc) is 2.78. The Hall–Kier alpha value is -3.12. The topological polar surface area (TPSA) is 66.5 Å². The molecule has 1 N–H and O–H groups in total. The maximum Gasteiger partial charge on any atom is 0.264 e. The summed E-state index contributed by atoms with van der Waals surface area (Å²) in [6, 6.07) is 23.0. The third-order valence-electron chi connectivity index (χ3n) is 5.07. The van der Waals surface area contributed by atoms with Crippen molar-refractivity contribution in [3.05, 3.63) is 95.6 Å². The monoisotopic (exact) mass is 422 g/mol. The number of carbonyl (C=O) groups is 1. The molecule has 0 bridgehead atoms. The zero-order valence-electron chi connectivity index (χ0n) is 17.4. The van der Waals surface area contributed by atoms with Crippen molar-refractivity contribution in [2.24, 2.45) is 0 Å². The van der Waals surface area contributed by atoms with E-state index in [1.165, 1.54) is 23.5 Å². The third-order valence-corrected chi connectivity index (χ3v) is 6.85. The van der Waals surface area contributed by atoms with Gasteiger partial charge in [-0.2, -0.15) is 0 Å². The van der Waals surface area contributed by atoms with Gasteiger partial charge in [-0.05, 0) is 49.2 Å². The Morgan fingerprint density at radius 1 is 0.967 bits per heavy atom. The highest BCUT2D eigenvalue weighted by molar-refractivity contribution is 7.92. The van der Waals surface area contributed by atoms with Crippen molar-refractivity contribution in [2.45, 2.75) is 31.2 Å². The number of hydrogen-bond acceptors (Lipinski definition) is 3. The fraction of sp³-hybridized carbons (Fsp3) is 0.208. The lowest BCUT2D eigenvalue weighted by molar-refractivity contribution is 0.0935. The molecule has 0 unspecified atom stereocenters. The Balaban J connectivity index is 1.84. The molecule has 5 nitrogen and oxygen atoms in total. The summed E-state index contributed by atoms with van der Waals surface area (Å²) in [6.45, 7) is 3.94. The first-order chi connectivity index (χ1) is 14.3. The zero-order chi connectivity index (χ0) is 21.7. The van der Waals surface area contributed by atoms with E-state index in [2.05, 4.69) is 5.32 Å². The SMILES string of the molecule is CC[C@@H](NC(=O)c1cccc(S(=O)(=O)N(C)c2ccc(C)cc2)c1)c1ccccc1. The number of nitrogens with zero attached hydrogens (tertiary/aromatic N) is 1. The number of anilines is 1. The Morgan fingerprint density at radius 3 is 2.27 bits per heavy atom. The molecule has 3 aromatic carbocycles. The van der Waals surface area contributed by atoms with Crippen molar-refractivity contribution in [3.63, 3.8) is 0 Å². The van der Waals surface area contributed by atoms with Crippen molar-refractivity contribution in [1.29, 1.82) is 0 Å². The summed E-state index contributed by atoms with van der Waals surface area (Å²) in [7, 11) is -2.28. The summed E-state index contributed by atoms with van der Waals surface area (Å²) in [4.78, 5) is 12.9. The molecular formula is C24H26N2O3S. The van der Waals surface area contributed by atoms with Gasteiger partial charge in [-0.25, -0.2) is 8.42 Å². The molecule has 0 aliphatic heterocycles. The van der Waals surface area contributed by atoms with Crippen LogP contribution in [0.5, 0.6) is 0 Å². The number of benzene rings is 3. The Bertz CT molecular complexity index is 1110. The molecule has 0 heterocycles. The minimum absolute atomic E-state index is 0.0750. The van der Waals surface area contributed by atoms with Crippen LogP contribution in [0.3, 0.4) is 0 Å². The van der Waals surface area contributed by atoms with Crippen molar-refractivity contribution in [3.8, 4) is 0 Å². The zero-order valence-corrected chi connectivity index (χ0v) is 18.2. The van der Waals surface area contributed by atoms with E-state index < -0.39 is 10.0 Å². The lowest BCUT2D eigenvalue weighted by Gasteiger charge is -2.20. The highest BCUT2D eigenvalue weighted by Gasteiger charge is 2.23. The Labute approximate surface area is 178 Å². The van der Waals surface area contributed by atoms with Crippen LogP contribution in [0.4, 0.5) is 5.69 Å². The summed E-state index contributed by atoms with van der Waals surface area (Å²) >= 11 is 0. The molecule has 0 spiro atoms. The lowest BCUT2D eigenvalue weighted by Crippen LogP contribution is -2.29. The van der Waals surface area contributed by atoms with Gasteiger partial charge in [0.25, 0.3) is 15.9 Å². The van der Waals surface area contributed by atoms with E-state index in [4.69, 9.17) is 0 Å². The number of rotatable bonds is 7. The fourth-order valence-electron chi connectivity index (χ4n) is 3.20. The quantitative estimate of drug-likeness (QED) is 0.600. The van der Waals surface area contributed by atoms with Crippen LogP contribution in [0, 0.1) is 6.92 Å². The molecule has 0 fully saturated rings. The largest absolute Gasteiger partial charge is 0.345 e. The van der Waals surface area contributed by atoms with E-state index in [1.54, 1.807) is 24.3 Å². The maximum atomic E-state index is 13.1. The number of hydrogen-bond donors (Lipinski definition) is 1. The molecule has 0 aromatic heterocycles. The van der Waals surface area contributed by atoms with Crippen molar-refractivity contribution < 1.29 is 13.2 Å². The Kier molecular flexibility index (Phi) is 6.57. The second-order valence-electron chi connectivity index (χ2n) is 7.18. The van der Waals surface area contributed by atoms with Crippen LogP contribution in [0.1, 0.15) is 40.9 Å². The molecular weight excluding hydrogens is 396 g/mol. The molecule has 3 aromatic rings. The molecule has 3 rings (SSSR count). The van der Waals surface area contributed by atoms with E-state index in [0.717, 1.165) is 17.5 Å². The van der Waals surface area contributed by atoms with Gasteiger partial charge in [-0.1, -0.05) is 61.0 Å². The van der Waals surface area contributed by atoms with E-state index in [9.17, 15) is 13.2 Å². The molecule has 0 radical (unpaired) electrons. The number of amides is 1. The lowest BCUT2D eigenvalue weighted by atomic mass is 10.0. The molecule has 0 saturated carbocycles. The molecule has 1 atom stereocenters. The van der Waals surface area contributed by atoms with Crippen LogP contribution in [0.15, 0.2) is 83.8 Å². The van der Waals surface area contributed by atoms with Gasteiger partial charge in [0.05, 0.1) is 16.6 Å². The highest BCUT2D eigenvalue weighted by atomic mass is 32.2. The molecule has 30 heavy (non-hydrogen) atoms. The first-order valence-corrected chi connectivity index (χ1v) is 11.3. The predicted octanol–water partition coefficient (Wildman–Crippen LogP) is 4.70. The summed E-state index contributed by atoms with van der Waals surface area (Å²) in [5, 5.41) is 3.00. The van der Waals surface area contributed by atoms with Crippen LogP contribution in [0.25, 0.3) is 0 Å². The first kappa shape index (κ1) is 21.6. The second-order valence-corrected chi connectivity index (χ2v) is 9.15. The van der Waals surface area contributed by atoms with Gasteiger partial charge in [0.1, 0.15) is 0 Å². The summed E-state index contributed by atoms with van der Waals surface area (Å²) < 4.78 is 27.4. The smallest absolute Gasteiger partial charge is 0.264 e. The number of sulfonamides is 1. The van der Waals surface area contributed by atoms with Crippen molar-refractivity contribution in [2.75, 3.05) is 11.4 Å². The van der Waals surface area contributed by atoms with E-state index in [-0.39, 0.29) is 16.8 Å². The summed E-state index contributed by atoms with van der Waals surface area (Å²) in [6.07, 6.45) is 0.726. The standard InChI is InChI=1S/C24H26N2O3S/c1-4-23(19-9-6-5-7-10-19)25-24(27)20-11-8-12-22(17-20)30(28,29)26(3)21-15-13-18(2)14-16-21/h5-17,23H,4H2,1-3H3,(H,25,27)/t23-/m1/s1. The summed E-state index contributed by atoms with van der Waals surface area (Å²) in [5.41, 5.74) is 2.93. The normalized spacial score (nSPS) is 12.2. The minimum Gasteiger partial charge on any atom is -0.345 e. The van der Waals surface area contributed by atoms with Crippen molar-refractivity contribution in [1.82, 2.24) is 5.32 Å². The van der Waals surface area contributed by atoms with Gasteiger partial charge >= 0.3 is 0 Å².